The van der Waals surface area contributed by atoms with E-state index in [-0.39, 0.29) is 18.6 Å². The zero-order valence-corrected chi connectivity index (χ0v) is 12.0. The van der Waals surface area contributed by atoms with Gasteiger partial charge in [0.15, 0.2) is 0 Å². The molecule has 0 aliphatic carbocycles. The van der Waals surface area contributed by atoms with Crippen LogP contribution in [0.15, 0.2) is 0 Å². The second kappa shape index (κ2) is 7.07. The monoisotopic (exact) mass is 258 g/mol. The van der Waals surface area contributed by atoms with Crippen molar-refractivity contribution in [3.8, 4) is 0 Å². The molecule has 0 amide bonds. The number of carbonyl (C=O) groups is 1. The molecule has 106 valence electrons. The van der Waals surface area contributed by atoms with Crippen LogP contribution in [0.3, 0.4) is 0 Å². The Labute approximate surface area is 110 Å². The minimum Gasteiger partial charge on any atom is -0.459 e. The van der Waals surface area contributed by atoms with Crippen LogP contribution in [0.4, 0.5) is 0 Å². The fourth-order valence-electron chi connectivity index (χ4n) is 1.87. The Kier molecular flexibility index (Phi) is 6.05. The Morgan fingerprint density at radius 1 is 1.39 bits per heavy atom. The van der Waals surface area contributed by atoms with E-state index in [0.717, 1.165) is 32.8 Å². The molecule has 1 saturated heterocycles. The molecule has 0 saturated carbocycles. The maximum Gasteiger partial charge on any atom is 0.320 e. The summed E-state index contributed by atoms with van der Waals surface area (Å²) < 4.78 is 10.5. The summed E-state index contributed by atoms with van der Waals surface area (Å²) >= 11 is 0. The lowest BCUT2D eigenvalue weighted by Crippen LogP contribution is -2.46. The van der Waals surface area contributed by atoms with Gasteiger partial charge in [-0.3, -0.25) is 9.69 Å². The highest BCUT2D eigenvalue weighted by atomic mass is 16.6. The number of carbonyl (C=O) groups excluding carboxylic acids is 1. The summed E-state index contributed by atoms with van der Waals surface area (Å²) in [5.74, 6) is -0.198. The molecule has 1 rings (SSSR count). The maximum atomic E-state index is 11.5. The van der Waals surface area contributed by atoms with Crippen LogP contribution in [-0.4, -0.2) is 61.9 Å². The normalized spacial score (nSPS) is 19.6. The quantitative estimate of drug-likeness (QED) is 0.733. The zero-order chi connectivity index (χ0) is 13.6. The van der Waals surface area contributed by atoms with Gasteiger partial charge in [0, 0.05) is 25.7 Å². The van der Waals surface area contributed by atoms with Crippen molar-refractivity contribution >= 4 is 5.97 Å². The average Bonchev–Trinajstić information content (AvgIpc) is 2.25. The van der Waals surface area contributed by atoms with E-state index in [4.69, 9.17) is 9.47 Å². The number of hydrogen-bond acceptors (Lipinski definition) is 5. The van der Waals surface area contributed by atoms with Crippen molar-refractivity contribution in [1.29, 1.82) is 0 Å². The molecule has 0 aromatic carbocycles. The predicted molar refractivity (Wildman–Crippen MR) is 70.6 cm³/mol. The average molecular weight is 258 g/mol. The van der Waals surface area contributed by atoms with E-state index in [1.807, 2.05) is 20.8 Å². The second-order valence-corrected chi connectivity index (χ2v) is 5.78. The molecule has 1 aliphatic rings. The van der Waals surface area contributed by atoms with Gasteiger partial charge in [0.05, 0.1) is 19.8 Å². The molecule has 0 aromatic rings. The molecule has 0 spiro atoms. The topological polar surface area (TPSA) is 50.8 Å². The summed E-state index contributed by atoms with van der Waals surface area (Å²) in [5, 5.41) is 3.20. The largest absolute Gasteiger partial charge is 0.459 e. The molecule has 1 N–H and O–H groups in total. The summed E-state index contributed by atoms with van der Waals surface area (Å²) in [4.78, 5) is 13.9. The standard InChI is InChI=1S/C13H26N2O3/c1-11(10-15-5-7-17-8-6-15)14-9-12(16)18-13(2,3)4/h11,14H,5-10H2,1-4H3. The molecule has 0 bridgehead atoms. The molecule has 1 fully saturated rings. The summed E-state index contributed by atoms with van der Waals surface area (Å²) in [5.41, 5.74) is -0.411. The van der Waals surface area contributed by atoms with Crippen LogP contribution in [0.1, 0.15) is 27.7 Å². The molecule has 1 heterocycles. The van der Waals surface area contributed by atoms with E-state index in [9.17, 15) is 4.79 Å². The number of ether oxygens (including phenoxy) is 2. The molecule has 0 aromatic heterocycles. The third-order valence-electron chi connectivity index (χ3n) is 2.65. The van der Waals surface area contributed by atoms with E-state index in [1.54, 1.807) is 0 Å². The second-order valence-electron chi connectivity index (χ2n) is 5.78. The lowest BCUT2D eigenvalue weighted by molar-refractivity contribution is -0.153. The van der Waals surface area contributed by atoms with Crippen molar-refractivity contribution in [1.82, 2.24) is 10.2 Å². The van der Waals surface area contributed by atoms with Crippen molar-refractivity contribution in [2.75, 3.05) is 39.4 Å². The first-order valence-corrected chi connectivity index (χ1v) is 6.62. The SMILES string of the molecule is CC(CN1CCOCC1)NCC(=O)OC(C)(C)C. The Hall–Kier alpha value is -0.650. The smallest absolute Gasteiger partial charge is 0.320 e. The molecule has 5 heteroatoms. The summed E-state index contributed by atoms with van der Waals surface area (Å²) in [7, 11) is 0. The molecule has 18 heavy (non-hydrogen) atoms. The molecule has 1 aliphatic heterocycles. The first-order valence-electron chi connectivity index (χ1n) is 6.62. The zero-order valence-electron chi connectivity index (χ0n) is 12.0. The highest BCUT2D eigenvalue weighted by Crippen LogP contribution is 2.06. The van der Waals surface area contributed by atoms with Crippen LogP contribution >= 0.6 is 0 Å². The third kappa shape index (κ3) is 6.93. The summed E-state index contributed by atoms with van der Waals surface area (Å²) in [6.45, 7) is 12.5. The Morgan fingerprint density at radius 2 is 2.00 bits per heavy atom. The van der Waals surface area contributed by atoms with Gasteiger partial charge in [0.2, 0.25) is 0 Å². The van der Waals surface area contributed by atoms with Crippen LogP contribution in [0.5, 0.6) is 0 Å². The van der Waals surface area contributed by atoms with Crippen molar-refractivity contribution in [2.45, 2.75) is 39.3 Å². The van der Waals surface area contributed by atoms with Crippen molar-refractivity contribution in [3.05, 3.63) is 0 Å². The number of esters is 1. The van der Waals surface area contributed by atoms with Crippen molar-refractivity contribution in [3.63, 3.8) is 0 Å². The fraction of sp³-hybridized carbons (Fsp3) is 0.923. The molecular formula is C13H26N2O3. The predicted octanol–water partition coefficient (Wildman–Crippen LogP) is 0.638. The highest BCUT2D eigenvalue weighted by molar-refractivity contribution is 5.72. The minimum absolute atomic E-state index is 0.198. The number of nitrogens with one attached hydrogen (secondary N) is 1. The molecule has 1 unspecified atom stereocenters. The van der Waals surface area contributed by atoms with Crippen molar-refractivity contribution < 1.29 is 14.3 Å². The minimum atomic E-state index is -0.411. The molecule has 1 atom stereocenters. The van der Waals surface area contributed by atoms with Gasteiger partial charge in [-0.25, -0.2) is 0 Å². The van der Waals surface area contributed by atoms with E-state index in [0.29, 0.717) is 0 Å². The van der Waals surface area contributed by atoms with Crippen LogP contribution < -0.4 is 5.32 Å². The summed E-state index contributed by atoms with van der Waals surface area (Å²) in [6, 6.07) is 0.274. The van der Waals surface area contributed by atoms with E-state index in [2.05, 4.69) is 17.1 Å². The van der Waals surface area contributed by atoms with Gasteiger partial charge in [0.25, 0.3) is 0 Å². The van der Waals surface area contributed by atoms with Crippen LogP contribution in [-0.2, 0) is 14.3 Å². The van der Waals surface area contributed by atoms with Crippen LogP contribution in [0.25, 0.3) is 0 Å². The van der Waals surface area contributed by atoms with Gasteiger partial charge >= 0.3 is 5.97 Å². The van der Waals surface area contributed by atoms with Crippen LogP contribution in [0, 0.1) is 0 Å². The number of rotatable bonds is 5. The van der Waals surface area contributed by atoms with E-state index in [1.165, 1.54) is 0 Å². The van der Waals surface area contributed by atoms with Gasteiger partial charge in [0.1, 0.15) is 5.60 Å². The molecular weight excluding hydrogens is 232 g/mol. The van der Waals surface area contributed by atoms with Gasteiger partial charge < -0.3 is 14.8 Å². The van der Waals surface area contributed by atoms with E-state index >= 15 is 0 Å². The summed E-state index contributed by atoms with van der Waals surface area (Å²) in [6.07, 6.45) is 0. The number of hydrogen-bond donors (Lipinski definition) is 1. The Morgan fingerprint density at radius 3 is 2.56 bits per heavy atom. The first kappa shape index (κ1) is 15.4. The van der Waals surface area contributed by atoms with Gasteiger partial charge in [-0.05, 0) is 27.7 Å². The number of morpholine rings is 1. The highest BCUT2D eigenvalue weighted by Gasteiger charge is 2.18. The Balaban J connectivity index is 2.16. The molecule has 0 radical (unpaired) electrons. The fourth-order valence-corrected chi connectivity index (χ4v) is 1.87. The lowest BCUT2D eigenvalue weighted by Gasteiger charge is -2.29. The first-order chi connectivity index (χ1) is 8.37. The van der Waals surface area contributed by atoms with Gasteiger partial charge in [-0.2, -0.15) is 0 Å². The lowest BCUT2D eigenvalue weighted by atomic mass is 10.2. The number of nitrogens with zero attached hydrogens (tertiary/aromatic N) is 1. The molecule has 5 nitrogen and oxygen atoms in total. The van der Waals surface area contributed by atoms with Gasteiger partial charge in [-0.1, -0.05) is 0 Å². The maximum absolute atomic E-state index is 11.5. The van der Waals surface area contributed by atoms with Crippen molar-refractivity contribution in [2.24, 2.45) is 0 Å². The van der Waals surface area contributed by atoms with E-state index < -0.39 is 5.60 Å². The van der Waals surface area contributed by atoms with Crippen LogP contribution in [0.2, 0.25) is 0 Å². The Bertz CT molecular complexity index is 257. The van der Waals surface area contributed by atoms with Gasteiger partial charge in [-0.15, -0.1) is 0 Å². The third-order valence-corrected chi connectivity index (χ3v) is 2.65.